The van der Waals surface area contributed by atoms with E-state index >= 15 is 0 Å². The number of benzene rings is 1. The lowest BCUT2D eigenvalue weighted by Crippen LogP contribution is -2.87. The fourth-order valence-corrected chi connectivity index (χ4v) is 8.54. The number of rotatable bonds is 2. The first-order valence-corrected chi connectivity index (χ1v) is 13.1. The van der Waals surface area contributed by atoms with Gasteiger partial charge in [0.2, 0.25) is 8.40 Å². The molecular formula is C22H41BN2Si. The van der Waals surface area contributed by atoms with Crippen LogP contribution in [-0.4, -0.2) is 26.4 Å². The Hall–Kier alpha value is -0.738. The zero-order valence-electron chi connectivity index (χ0n) is 19.4. The summed E-state index contributed by atoms with van der Waals surface area (Å²) in [4.78, 5) is 0. The summed E-state index contributed by atoms with van der Waals surface area (Å²) in [6.07, 6.45) is 0. The zero-order chi connectivity index (χ0) is 20.3. The van der Waals surface area contributed by atoms with Crippen LogP contribution in [0, 0.1) is 0 Å². The molecule has 1 fully saturated rings. The molecule has 0 aromatic heterocycles. The van der Waals surface area contributed by atoms with Crippen LogP contribution in [-0.2, 0) is 10.8 Å². The normalized spacial score (nSPS) is 18.9. The molecule has 1 heterocycles. The highest BCUT2D eigenvalue weighted by Gasteiger charge is 2.61. The molecule has 146 valence electrons. The predicted molar refractivity (Wildman–Crippen MR) is 122 cm³/mol. The Labute approximate surface area is 164 Å². The van der Waals surface area contributed by atoms with Gasteiger partial charge in [0, 0.05) is 5.69 Å². The molecule has 0 amide bonds. The highest BCUT2D eigenvalue weighted by Crippen LogP contribution is 2.51. The van der Waals surface area contributed by atoms with E-state index in [1.165, 1.54) is 16.8 Å². The Bertz CT molecular complexity index is 630. The number of nitrogens with zero attached hydrogens (tertiary/aromatic N) is 2. The maximum Gasteiger partial charge on any atom is 0.335 e. The molecule has 0 saturated carbocycles. The monoisotopic (exact) mass is 372 g/mol. The average molecular weight is 372 g/mol. The van der Waals surface area contributed by atoms with Gasteiger partial charge in [-0.3, -0.25) is 0 Å². The molecule has 1 aliphatic rings. The van der Waals surface area contributed by atoms with Gasteiger partial charge in [-0.25, -0.2) is 0 Å². The minimum atomic E-state index is -1.68. The third-order valence-corrected chi connectivity index (χ3v) is 9.45. The predicted octanol–water partition coefficient (Wildman–Crippen LogP) is 6.41. The van der Waals surface area contributed by atoms with Gasteiger partial charge in [-0.2, -0.15) is 0 Å². The first-order valence-electron chi connectivity index (χ1n) is 10.2. The van der Waals surface area contributed by atoms with Crippen molar-refractivity contribution in [2.24, 2.45) is 0 Å². The lowest BCUT2D eigenvalue weighted by atomic mass is 9.52. The Kier molecular flexibility index (Phi) is 5.31. The van der Waals surface area contributed by atoms with Crippen LogP contribution in [0.25, 0.3) is 0 Å². The van der Waals surface area contributed by atoms with E-state index in [1.807, 2.05) is 0 Å². The van der Waals surface area contributed by atoms with Gasteiger partial charge in [-0.15, -0.1) is 0 Å². The molecule has 1 aliphatic heterocycles. The van der Waals surface area contributed by atoms with Crippen molar-refractivity contribution in [2.45, 2.75) is 98.5 Å². The van der Waals surface area contributed by atoms with Crippen molar-refractivity contribution in [3.05, 3.63) is 29.3 Å². The molecule has 1 saturated heterocycles. The van der Waals surface area contributed by atoms with Gasteiger partial charge in [0.25, 0.3) is 0 Å². The summed E-state index contributed by atoms with van der Waals surface area (Å²) >= 11 is 0. The van der Waals surface area contributed by atoms with E-state index < -0.39 is 8.40 Å². The summed E-state index contributed by atoms with van der Waals surface area (Å²) in [5, 5.41) is 0.221. The fourth-order valence-electron chi connectivity index (χ4n) is 4.64. The van der Waals surface area contributed by atoms with Crippen LogP contribution in [0.4, 0.5) is 5.69 Å². The van der Waals surface area contributed by atoms with Crippen LogP contribution >= 0.6 is 0 Å². The maximum absolute atomic E-state index is 2.86. The highest BCUT2D eigenvalue weighted by molar-refractivity contribution is 7.06. The molecule has 0 bridgehead atoms. The summed E-state index contributed by atoms with van der Waals surface area (Å²) in [5.41, 5.74) is 4.78. The molecule has 1 aromatic carbocycles. The standard InChI is InChI=1S/C22H41BN2Si/c1-13-24-23(22(8,9)10)25(26(24,11)12)19-17(20(2,3)4)15-14-16-18(19)21(5,6)7/h14-16H,13H2,1-12H3. The summed E-state index contributed by atoms with van der Waals surface area (Å²) < 4.78 is 5.65. The second-order valence-electron chi connectivity index (χ2n) is 11.6. The van der Waals surface area contributed by atoms with Crippen molar-refractivity contribution in [1.82, 2.24) is 4.48 Å². The average Bonchev–Trinajstić information content (AvgIpc) is 2.42. The summed E-state index contributed by atoms with van der Waals surface area (Å²) in [5.74, 6) is 0. The van der Waals surface area contributed by atoms with E-state index in [2.05, 4.69) is 109 Å². The highest BCUT2D eigenvalue weighted by atomic mass is 28.3. The maximum atomic E-state index is 2.86. The molecule has 4 heteroatoms. The van der Waals surface area contributed by atoms with Crippen molar-refractivity contribution < 1.29 is 0 Å². The number of hydrogen-bond acceptors (Lipinski definition) is 2. The minimum absolute atomic E-state index is 0.135. The van der Waals surface area contributed by atoms with Crippen LogP contribution in [0.15, 0.2) is 18.2 Å². The smallest absolute Gasteiger partial charge is 0.335 e. The Morgan fingerprint density at radius 2 is 1.27 bits per heavy atom. The molecule has 0 atom stereocenters. The molecular weight excluding hydrogens is 331 g/mol. The van der Waals surface area contributed by atoms with Crippen LogP contribution in [0.1, 0.15) is 80.4 Å². The lowest BCUT2D eigenvalue weighted by Gasteiger charge is -2.67. The SMILES string of the molecule is CCN1B(C(C)(C)C)N(c2c(C(C)(C)C)cccc2C(C)(C)C)[Si]1(C)C. The van der Waals surface area contributed by atoms with Gasteiger partial charge in [-0.1, -0.05) is 87.4 Å². The van der Waals surface area contributed by atoms with E-state index in [0.717, 1.165) is 6.54 Å². The van der Waals surface area contributed by atoms with Crippen molar-refractivity contribution in [3.63, 3.8) is 0 Å². The van der Waals surface area contributed by atoms with Crippen molar-refractivity contribution >= 4 is 21.1 Å². The van der Waals surface area contributed by atoms with Gasteiger partial charge >= 0.3 is 6.98 Å². The second kappa shape index (κ2) is 6.41. The molecule has 0 aliphatic carbocycles. The molecule has 0 radical (unpaired) electrons. The summed E-state index contributed by atoms with van der Waals surface area (Å²) in [7, 11) is -1.68. The topological polar surface area (TPSA) is 6.48 Å². The van der Waals surface area contributed by atoms with Crippen LogP contribution < -0.4 is 4.48 Å². The molecule has 0 unspecified atom stereocenters. The van der Waals surface area contributed by atoms with E-state index in [4.69, 9.17) is 0 Å². The molecule has 1 aromatic rings. The van der Waals surface area contributed by atoms with E-state index in [9.17, 15) is 0 Å². The zero-order valence-corrected chi connectivity index (χ0v) is 20.4. The first kappa shape index (κ1) is 21.6. The van der Waals surface area contributed by atoms with Crippen molar-refractivity contribution in [3.8, 4) is 0 Å². The minimum Gasteiger partial charge on any atom is -0.417 e. The Balaban J connectivity index is 2.80. The first-order chi connectivity index (χ1) is 11.5. The fraction of sp³-hybridized carbons (Fsp3) is 0.727. The molecule has 0 N–H and O–H groups in total. The van der Waals surface area contributed by atoms with Crippen LogP contribution in [0.3, 0.4) is 0 Å². The molecule has 26 heavy (non-hydrogen) atoms. The Morgan fingerprint density at radius 3 is 1.58 bits per heavy atom. The van der Waals surface area contributed by atoms with Gasteiger partial charge in [0.05, 0.1) is 0 Å². The molecule has 2 nitrogen and oxygen atoms in total. The van der Waals surface area contributed by atoms with Gasteiger partial charge in [0.15, 0.2) is 0 Å². The number of anilines is 1. The summed E-state index contributed by atoms with van der Waals surface area (Å²) in [6.45, 7) is 30.3. The van der Waals surface area contributed by atoms with E-state index in [0.29, 0.717) is 6.98 Å². The largest absolute Gasteiger partial charge is 0.417 e. The third-order valence-electron chi connectivity index (χ3n) is 5.84. The van der Waals surface area contributed by atoms with Crippen molar-refractivity contribution in [2.75, 3.05) is 11.0 Å². The van der Waals surface area contributed by atoms with Gasteiger partial charge in [0.1, 0.15) is 0 Å². The third kappa shape index (κ3) is 3.52. The number of para-hydroxylation sites is 1. The van der Waals surface area contributed by atoms with E-state index in [-0.39, 0.29) is 16.1 Å². The summed E-state index contributed by atoms with van der Waals surface area (Å²) in [6, 6.07) is 7.00. The molecule has 2 rings (SSSR count). The van der Waals surface area contributed by atoms with E-state index in [1.54, 1.807) is 0 Å². The second-order valence-corrected chi connectivity index (χ2v) is 15.6. The Morgan fingerprint density at radius 1 is 0.846 bits per heavy atom. The quantitative estimate of drug-likeness (QED) is 0.553. The lowest BCUT2D eigenvalue weighted by molar-refractivity contribution is 0.536. The number of hydrogen-bond donors (Lipinski definition) is 0. The van der Waals surface area contributed by atoms with Gasteiger partial charge < -0.3 is 8.95 Å². The molecule has 0 spiro atoms. The van der Waals surface area contributed by atoms with Crippen molar-refractivity contribution in [1.29, 1.82) is 0 Å². The van der Waals surface area contributed by atoms with Crippen LogP contribution in [0.5, 0.6) is 0 Å². The van der Waals surface area contributed by atoms with Gasteiger partial charge in [-0.05, 0) is 46.9 Å². The van der Waals surface area contributed by atoms with Crippen LogP contribution in [0.2, 0.25) is 18.4 Å².